The summed E-state index contributed by atoms with van der Waals surface area (Å²) in [5.74, 6) is -0.692. The summed E-state index contributed by atoms with van der Waals surface area (Å²) >= 11 is 0. The van der Waals surface area contributed by atoms with Gasteiger partial charge < -0.3 is 5.32 Å². The summed E-state index contributed by atoms with van der Waals surface area (Å²) in [7, 11) is 0. The molecule has 0 bridgehead atoms. The summed E-state index contributed by atoms with van der Waals surface area (Å²) in [6.07, 6.45) is 1.56. The highest BCUT2D eigenvalue weighted by Crippen LogP contribution is 2.05. The third kappa shape index (κ3) is 5.05. The Labute approximate surface area is 141 Å². The number of nitrogens with one attached hydrogen (secondary N) is 2. The molecule has 0 saturated heterocycles. The van der Waals surface area contributed by atoms with Gasteiger partial charge in [0.1, 0.15) is 6.04 Å². The van der Waals surface area contributed by atoms with E-state index < -0.39 is 6.04 Å². The quantitative estimate of drug-likeness (QED) is 0.633. The van der Waals surface area contributed by atoms with E-state index in [0.717, 1.165) is 5.56 Å². The number of rotatable bonds is 6. The van der Waals surface area contributed by atoms with Crippen LogP contribution in [0.25, 0.3) is 0 Å². The van der Waals surface area contributed by atoms with Gasteiger partial charge in [0.25, 0.3) is 11.8 Å². The minimum absolute atomic E-state index is 0.0652. The molecule has 2 aromatic carbocycles. The van der Waals surface area contributed by atoms with E-state index >= 15 is 0 Å². The number of hydrazone groups is 1. The van der Waals surface area contributed by atoms with Crippen LogP contribution in [0, 0.1) is 5.92 Å². The highest BCUT2D eigenvalue weighted by atomic mass is 16.2. The summed E-state index contributed by atoms with van der Waals surface area (Å²) in [4.78, 5) is 24.5. The van der Waals surface area contributed by atoms with E-state index in [-0.39, 0.29) is 17.7 Å². The molecule has 0 saturated carbocycles. The van der Waals surface area contributed by atoms with Gasteiger partial charge in [-0.2, -0.15) is 5.10 Å². The van der Waals surface area contributed by atoms with E-state index in [1.54, 1.807) is 30.5 Å². The zero-order valence-corrected chi connectivity index (χ0v) is 13.8. The molecule has 24 heavy (non-hydrogen) atoms. The van der Waals surface area contributed by atoms with Crippen molar-refractivity contribution in [3.05, 3.63) is 71.8 Å². The Morgan fingerprint density at radius 3 is 2.12 bits per heavy atom. The predicted octanol–water partition coefficient (Wildman–Crippen LogP) is 2.59. The van der Waals surface area contributed by atoms with Crippen molar-refractivity contribution >= 4 is 18.0 Å². The van der Waals surface area contributed by atoms with Crippen LogP contribution in [0.1, 0.15) is 29.8 Å². The zero-order valence-electron chi connectivity index (χ0n) is 13.8. The lowest BCUT2D eigenvalue weighted by atomic mass is 10.0. The Bertz CT molecular complexity index is 697. The lowest BCUT2D eigenvalue weighted by Crippen LogP contribution is -2.48. The van der Waals surface area contributed by atoms with Crippen molar-refractivity contribution in [2.45, 2.75) is 19.9 Å². The fraction of sp³-hybridized carbons (Fsp3) is 0.211. The smallest absolute Gasteiger partial charge is 0.262 e. The zero-order chi connectivity index (χ0) is 17.4. The highest BCUT2D eigenvalue weighted by Gasteiger charge is 2.24. The fourth-order valence-corrected chi connectivity index (χ4v) is 2.13. The van der Waals surface area contributed by atoms with Crippen molar-refractivity contribution in [1.82, 2.24) is 10.7 Å². The van der Waals surface area contributed by atoms with E-state index in [2.05, 4.69) is 15.8 Å². The molecule has 0 aliphatic carbocycles. The Balaban J connectivity index is 1.98. The normalized spacial score (nSPS) is 12.1. The summed E-state index contributed by atoms with van der Waals surface area (Å²) < 4.78 is 0. The first-order valence-corrected chi connectivity index (χ1v) is 7.82. The molecule has 2 amide bonds. The van der Waals surface area contributed by atoms with E-state index in [4.69, 9.17) is 0 Å². The highest BCUT2D eigenvalue weighted by molar-refractivity contribution is 5.97. The van der Waals surface area contributed by atoms with Crippen LogP contribution in [-0.2, 0) is 4.79 Å². The average molecular weight is 323 g/mol. The van der Waals surface area contributed by atoms with Gasteiger partial charge >= 0.3 is 0 Å². The monoisotopic (exact) mass is 323 g/mol. The molecule has 2 aromatic rings. The lowest BCUT2D eigenvalue weighted by molar-refractivity contribution is -0.123. The molecular weight excluding hydrogens is 302 g/mol. The molecule has 2 rings (SSSR count). The number of hydrogen-bond donors (Lipinski definition) is 2. The summed E-state index contributed by atoms with van der Waals surface area (Å²) in [5, 5.41) is 6.71. The van der Waals surface area contributed by atoms with E-state index in [1.165, 1.54) is 0 Å². The van der Waals surface area contributed by atoms with Crippen LogP contribution in [0.2, 0.25) is 0 Å². The molecule has 0 unspecified atom stereocenters. The average Bonchev–Trinajstić information content (AvgIpc) is 2.60. The number of hydrogen-bond acceptors (Lipinski definition) is 3. The van der Waals surface area contributed by atoms with Crippen molar-refractivity contribution in [2.24, 2.45) is 11.0 Å². The molecule has 0 heterocycles. The third-order valence-electron chi connectivity index (χ3n) is 3.46. The number of nitrogens with zero attached hydrogens (tertiary/aromatic N) is 1. The van der Waals surface area contributed by atoms with Crippen molar-refractivity contribution < 1.29 is 9.59 Å². The number of amides is 2. The van der Waals surface area contributed by atoms with Crippen molar-refractivity contribution in [3.63, 3.8) is 0 Å². The van der Waals surface area contributed by atoms with Crippen molar-refractivity contribution in [1.29, 1.82) is 0 Å². The van der Waals surface area contributed by atoms with Gasteiger partial charge in [-0.1, -0.05) is 62.4 Å². The molecule has 0 radical (unpaired) electrons. The van der Waals surface area contributed by atoms with Crippen LogP contribution >= 0.6 is 0 Å². The second-order valence-electron chi connectivity index (χ2n) is 5.71. The number of carbonyl (C=O) groups excluding carboxylic acids is 2. The molecule has 0 aliphatic heterocycles. The van der Waals surface area contributed by atoms with Crippen LogP contribution in [-0.4, -0.2) is 24.1 Å². The maximum atomic E-state index is 12.3. The Morgan fingerprint density at radius 2 is 1.54 bits per heavy atom. The first-order valence-electron chi connectivity index (χ1n) is 7.82. The van der Waals surface area contributed by atoms with Gasteiger partial charge in [-0.15, -0.1) is 0 Å². The van der Waals surface area contributed by atoms with Gasteiger partial charge in [-0.25, -0.2) is 5.43 Å². The van der Waals surface area contributed by atoms with Crippen LogP contribution in [0.15, 0.2) is 65.8 Å². The number of benzene rings is 2. The molecular formula is C19H21N3O2. The molecule has 124 valence electrons. The molecule has 0 aromatic heterocycles. The van der Waals surface area contributed by atoms with Gasteiger partial charge in [0.05, 0.1) is 6.21 Å². The largest absolute Gasteiger partial charge is 0.340 e. The molecule has 2 N–H and O–H groups in total. The second-order valence-corrected chi connectivity index (χ2v) is 5.71. The van der Waals surface area contributed by atoms with E-state index in [9.17, 15) is 9.59 Å². The minimum Gasteiger partial charge on any atom is -0.340 e. The predicted molar refractivity (Wildman–Crippen MR) is 94.7 cm³/mol. The van der Waals surface area contributed by atoms with Gasteiger partial charge in [0.2, 0.25) is 0 Å². The Hall–Kier alpha value is -2.95. The van der Waals surface area contributed by atoms with Gasteiger partial charge in [-0.05, 0) is 23.6 Å². The molecule has 1 atom stereocenters. The van der Waals surface area contributed by atoms with Crippen molar-refractivity contribution in [2.75, 3.05) is 0 Å². The Morgan fingerprint density at radius 1 is 0.958 bits per heavy atom. The molecule has 0 fully saturated rings. The van der Waals surface area contributed by atoms with Gasteiger partial charge in [0.15, 0.2) is 0 Å². The molecule has 0 aliphatic rings. The van der Waals surface area contributed by atoms with Crippen molar-refractivity contribution in [3.8, 4) is 0 Å². The lowest BCUT2D eigenvalue weighted by Gasteiger charge is -2.20. The topological polar surface area (TPSA) is 70.6 Å². The van der Waals surface area contributed by atoms with E-state index in [1.807, 2.05) is 50.2 Å². The second kappa shape index (κ2) is 8.62. The summed E-state index contributed by atoms with van der Waals surface area (Å²) in [5.41, 5.74) is 3.88. The Kier molecular flexibility index (Phi) is 6.25. The molecule has 5 nitrogen and oxygen atoms in total. The third-order valence-corrected chi connectivity index (χ3v) is 3.46. The SMILES string of the molecule is CC(C)[C@@H](NC(=O)c1ccccc1)C(=O)NN=Cc1ccccc1. The molecule has 5 heteroatoms. The van der Waals surface area contributed by atoms with Crippen LogP contribution in [0.4, 0.5) is 0 Å². The minimum atomic E-state index is -0.661. The maximum Gasteiger partial charge on any atom is 0.262 e. The first-order chi connectivity index (χ1) is 11.6. The van der Waals surface area contributed by atoms with Crippen LogP contribution in [0.5, 0.6) is 0 Å². The van der Waals surface area contributed by atoms with E-state index in [0.29, 0.717) is 5.56 Å². The first kappa shape index (κ1) is 17.4. The fourth-order valence-electron chi connectivity index (χ4n) is 2.13. The van der Waals surface area contributed by atoms with Gasteiger partial charge in [-0.3, -0.25) is 9.59 Å². The number of carbonyl (C=O) groups is 2. The summed E-state index contributed by atoms with van der Waals surface area (Å²) in [6, 6.07) is 17.6. The maximum absolute atomic E-state index is 12.3. The molecule has 0 spiro atoms. The summed E-state index contributed by atoms with van der Waals surface area (Å²) in [6.45, 7) is 3.74. The van der Waals surface area contributed by atoms with Gasteiger partial charge in [0, 0.05) is 5.56 Å². The standard InChI is InChI=1S/C19H21N3O2/c1-14(2)17(21-18(23)16-11-7-4-8-12-16)19(24)22-20-13-15-9-5-3-6-10-15/h3-14,17H,1-2H3,(H,21,23)(H,22,24)/t17-/m1/s1. The van der Waals surface area contributed by atoms with Crippen LogP contribution < -0.4 is 10.7 Å². The van der Waals surface area contributed by atoms with Crippen LogP contribution in [0.3, 0.4) is 0 Å².